The van der Waals surface area contributed by atoms with Crippen LogP contribution < -0.4 is 10.6 Å². The van der Waals surface area contributed by atoms with Crippen LogP contribution in [-0.4, -0.2) is 31.2 Å². The van der Waals surface area contributed by atoms with E-state index in [9.17, 15) is 4.79 Å². The molecule has 0 spiro atoms. The van der Waals surface area contributed by atoms with E-state index >= 15 is 0 Å². The summed E-state index contributed by atoms with van der Waals surface area (Å²) in [5.41, 5.74) is 1.58. The Labute approximate surface area is 128 Å². The molecule has 2 N–H and O–H groups in total. The smallest absolute Gasteiger partial charge is 0.253 e. The Kier molecular flexibility index (Phi) is 7.83. The number of carbonyl (C=O) groups is 1. The molecule has 1 aromatic carbocycles. The molecular weight excluding hydrogens is 264 g/mol. The van der Waals surface area contributed by atoms with Crippen LogP contribution in [0, 0.1) is 0 Å². The number of carbonyl (C=O) groups excluding carboxylic acids is 1. The number of unbranched alkanes of at least 4 members (excludes halogenated alkanes) is 1. The van der Waals surface area contributed by atoms with E-state index < -0.39 is 0 Å². The normalized spacial score (nSPS) is 11.0. The highest BCUT2D eigenvalue weighted by Crippen LogP contribution is 2.15. The van der Waals surface area contributed by atoms with Gasteiger partial charge in [0.05, 0.1) is 11.7 Å². The molecule has 0 unspecified atom stereocenters. The van der Waals surface area contributed by atoms with Gasteiger partial charge in [-0.1, -0.05) is 12.1 Å². The monoisotopic (exact) mass is 292 g/mol. The van der Waals surface area contributed by atoms with Crippen LogP contribution in [0.25, 0.3) is 0 Å². The van der Waals surface area contributed by atoms with Crippen molar-refractivity contribution >= 4 is 11.6 Å². The average Bonchev–Trinajstić information content (AvgIpc) is 2.42. The summed E-state index contributed by atoms with van der Waals surface area (Å²) >= 11 is 0. The summed E-state index contributed by atoms with van der Waals surface area (Å²) in [6.07, 6.45) is 2.16. The predicted octanol–water partition coefficient (Wildman–Crippen LogP) is 3.44. The van der Waals surface area contributed by atoms with Crippen molar-refractivity contribution < 1.29 is 9.53 Å². The molecule has 1 aromatic rings. The van der Waals surface area contributed by atoms with E-state index in [1.807, 2.05) is 38.1 Å². The second-order valence-corrected chi connectivity index (χ2v) is 5.73. The molecule has 118 valence electrons. The lowest BCUT2D eigenvalue weighted by Crippen LogP contribution is -2.26. The van der Waals surface area contributed by atoms with Crippen molar-refractivity contribution in [3.05, 3.63) is 29.8 Å². The number of ether oxygens (including phenoxy) is 1. The Bertz CT molecular complexity index is 431. The Morgan fingerprint density at radius 2 is 1.86 bits per heavy atom. The molecule has 0 fully saturated rings. The maximum Gasteiger partial charge on any atom is 0.253 e. The van der Waals surface area contributed by atoms with Crippen LogP contribution in [0.2, 0.25) is 0 Å². The van der Waals surface area contributed by atoms with E-state index in [2.05, 4.69) is 24.5 Å². The molecule has 1 rings (SSSR count). The largest absolute Gasteiger partial charge is 0.382 e. The first-order chi connectivity index (χ1) is 10.0. The summed E-state index contributed by atoms with van der Waals surface area (Å²) in [5, 5.41) is 6.26. The summed E-state index contributed by atoms with van der Waals surface area (Å²) in [5.74, 6) is -0.0245. The maximum atomic E-state index is 12.2. The first-order valence-corrected chi connectivity index (χ1v) is 7.76. The van der Waals surface area contributed by atoms with Crippen LogP contribution in [0.5, 0.6) is 0 Å². The van der Waals surface area contributed by atoms with Gasteiger partial charge in [0.2, 0.25) is 0 Å². The third-order valence-electron chi connectivity index (χ3n) is 2.92. The van der Waals surface area contributed by atoms with Gasteiger partial charge in [0.25, 0.3) is 5.91 Å². The minimum absolute atomic E-state index is 0.0245. The van der Waals surface area contributed by atoms with Gasteiger partial charge in [-0.15, -0.1) is 0 Å². The van der Waals surface area contributed by atoms with Crippen molar-refractivity contribution in [3.8, 4) is 0 Å². The minimum atomic E-state index is -0.0245. The third kappa shape index (κ3) is 7.14. The second kappa shape index (κ2) is 9.40. The van der Waals surface area contributed by atoms with E-state index in [0.29, 0.717) is 18.2 Å². The van der Waals surface area contributed by atoms with Crippen LogP contribution >= 0.6 is 0 Å². The molecule has 0 aromatic heterocycles. The lowest BCUT2D eigenvalue weighted by Gasteiger charge is -2.14. The molecule has 0 aliphatic carbocycles. The van der Waals surface area contributed by atoms with Gasteiger partial charge in [0, 0.05) is 24.9 Å². The predicted molar refractivity (Wildman–Crippen MR) is 87.9 cm³/mol. The van der Waals surface area contributed by atoms with Crippen LogP contribution in [0.15, 0.2) is 24.3 Å². The fourth-order valence-electron chi connectivity index (χ4n) is 1.96. The van der Waals surface area contributed by atoms with Crippen molar-refractivity contribution in [3.63, 3.8) is 0 Å². The Hall–Kier alpha value is -1.55. The fraction of sp³-hybridized carbons (Fsp3) is 0.588. The van der Waals surface area contributed by atoms with Crippen molar-refractivity contribution in [2.75, 3.05) is 18.5 Å². The number of amides is 1. The van der Waals surface area contributed by atoms with Gasteiger partial charge in [-0.2, -0.15) is 0 Å². The van der Waals surface area contributed by atoms with Crippen molar-refractivity contribution in [1.29, 1.82) is 0 Å². The van der Waals surface area contributed by atoms with Crippen LogP contribution in [0.3, 0.4) is 0 Å². The molecule has 0 heterocycles. The quantitative estimate of drug-likeness (QED) is 0.685. The zero-order chi connectivity index (χ0) is 15.7. The molecule has 0 atom stereocenters. The molecule has 4 nitrogen and oxygen atoms in total. The van der Waals surface area contributed by atoms with Crippen molar-refractivity contribution in [2.45, 2.75) is 52.7 Å². The lowest BCUT2D eigenvalue weighted by molar-refractivity contribution is 0.0754. The first kappa shape index (κ1) is 17.5. The van der Waals surface area contributed by atoms with Gasteiger partial charge in [-0.3, -0.25) is 4.79 Å². The van der Waals surface area contributed by atoms with Gasteiger partial charge in [-0.05, 0) is 52.7 Å². The maximum absolute atomic E-state index is 12.2. The lowest BCUT2D eigenvalue weighted by atomic mass is 10.1. The molecule has 0 aliphatic heterocycles. The molecule has 0 aliphatic rings. The average molecular weight is 292 g/mol. The van der Waals surface area contributed by atoms with Crippen LogP contribution in [0.1, 0.15) is 50.9 Å². The molecule has 0 bridgehead atoms. The van der Waals surface area contributed by atoms with Gasteiger partial charge in [0.1, 0.15) is 0 Å². The van der Waals surface area contributed by atoms with E-state index in [1.165, 1.54) is 0 Å². The summed E-state index contributed by atoms with van der Waals surface area (Å²) in [6, 6.07) is 7.90. The fourth-order valence-corrected chi connectivity index (χ4v) is 1.96. The van der Waals surface area contributed by atoms with E-state index in [4.69, 9.17) is 4.74 Å². The highest BCUT2D eigenvalue weighted by Gasteiger charge is 2.10. The number of nitrogens with one attached hydrogen (secondary N) is 2. The molecule has 0 saturated heterocycles. The molecule has 0 saturated carbocycles. The Morgan fingerprint density at radius 1 is 1.14 bits per heavy atom. The Balaban J connectivity index is 2.38. The zero-order valence-corrected chi connectivity index (χ0v) is 13.6. The summed E-state index contributed by atoms with van der Waals surface area (Å²) in [7, 11) is 0. The second-order valence-electron chi connectivity index (χ2n) is 5.73. The van der Waals surface area contributed by atoms with Crippen molar-refractivity contribution in [1.82, 2.24) is 5.32 Å². The SMILES string of the molecule is CC(C)Nc1ccccc1C(=O)NCCCCOC(C)C. The van der Waals surface area contributed by atoms with Gasteiger partial charge in [-0.25, -0.2) is 0 Å². The van der Waals surface area contributed by atoms with Gasteiger partial charge < -0.3 is 15.4 Å². The van der Waals surface area contributed by atoms with Crippen LogP contribution in [0.4, 0.5) is 5.69 Å². The minimum Gasteiger partial charge on any atom is -0.382 e. The number of anilines is 1. The first-order valence-electron chi connectivity index (χ1n) is 7.76. The number of rotatable bonds is 9. The zero-order valence-electron chi connectivity index (χ0n) is 13.6. The molecule has 0 radical (unpaired) electrons. The van der Waals surface area contributed by atoms with E-state index in [1.54, 1.807) is 0 Å². The molecule has 1 amide bonds. The number of hydrogen-bond acceptors (Lipinski definition) is 3. The van der Waals surface area contributed by atoms with E-state index in [0.717, 1.165) is 25.1 Å². The number of para-hydroxylation sites is 1. The van der Waals surface area contributed by atoms with Gasteiger partial charge >= 0.3 is 0 Å². The number of benzene rings is 1. The highest BCUT2D eigenvalue weighted by molar-refractivity contribution is 5.99. The third-order valence-corrected chi connectivity index (χ3v) is 2.92. The van der Waals surface area contributed by atoms with Crippen LogP contribution in [-0.2, 0) is 4.74 Å². The topological polar surface area (TPSA) is 50.4 Å². The molecular formula is C17H28N2O2. The Morgan fingerprint density at radius 3 is 2.52 bits per heavy atom. The molecule has 21 heavy (non-hydrogen) atoms. The standard InChI is InChI=1S/C17H28N2O2/c1-13(2)19-16-10-6-5-9-15(16)17(20)18-11-7-8-12-21-14(3)4/h5-6,9-10,13-14,19H,7-8,11-12H2,1-4H3,(H,18,20). The molecule has 4 heteroatoms. The van der Waals surface area contributed by atoms with E-state index in [-0.39, 0.29) is 12.0 Å². The summed E-state index contributed by atoms with van der Waals surface area (Å²) in [6.45, 7) is 9.60. The summed E-state index contributed by atoms with van der Waals surface area (Å²) < 4.78 is 5.47. The number of hydrogen-bond donors (Lipinski definition) is 2. The highest BCUT2D eigenvalue weighted by atomic mass is 16.5. The van der Waals surface area contributed by atoms with Crippen molar-refractivity contribution in [2.24, 2.45) is 0 Å². The van der Waals surface area contributed by atoms with Gasteiger partial charge in [0.15, 0.2) is 0 Å². The summed E-state index contributed by atoms with van der Waals surface area (Å²) in [4.78, 5) is 12.2.